The van der Waals surface area contributed by atoms with E-state index in [1.165, 1.54) is 12.8 Å². The number of benzene rings is 1. The molecule has 27 heavy (non-hydrogen) atoms. The van der Waals surface area contributed by atoms with E-state index in [1.54, 1.807) is 6.07 Å². The summed E-state index contributed by atoms with van der Waals surface area (Å²) in [5.41, 5.74) is 1.04. The maximum atomic E-state index is 12.7. The van der Waals surface area contributed by atoms with Crippen LogP contribution < -0.4 is 10.6 Å². The fourth-order valence-electron chi connectivity index (χ4n) is 3.16. The number of hydrogen-bond acceptors (Lipinski definition) is 5. The minimum atomic E-state index is -0.201. The third kappa shape index (κ3) is 5.53. The quantitative estimate of drug-likeness (QED) is 0.812. The monoisotopic (exact) mass is 392 g/mol. The van der Waals surface area contributed by atoms with Gasteiger partial charge < -0.3 is 15.2 Å². The molecule has 1 saturated heterocycles. The van der Waals surface area contributed by atoms with Crippen LogP contribution in [0.4, 0.5) is 0 Å². The third-order valence-corrected chi connectivity index (χ3v) is 4.74. The van der Waals surface area contributed by atoms with Crippen molar-refractivity contribution >= 4 is 18.3 Å². The van der Waals surface area contributed by atoms with Crippen LogP contribution in [0.1, 0.15) is 56.2 Å². The first-order valence-corrected chi connectivity index (χ1v) is 9.37. The molecule has 2 heterocycles. The summed E-state index contributed by atoms with van der Waals surface area (Å²) in [4.78, 5) is 17.2. The molecule has 0 spiro atoms. The van der Waals surface area contributed by atoms with Gasteiger partial charge in [-0.25, -0.2) is 0 Å². The molecule has 1 unspecified atom stereocenters. The Labute approximate surface area is 166 Å². The predicted octanol–water partition coefficient (Wildman–Crippen LogP) is 3.58. The van der Waals surface area contributed by atoms with E-state index in [1.807, 2.05) is 39.0 Å². The number of rotatable bonds is 5. The van der Waals surface area contributed by atoms with Gasteiger partial charge >= 0.3 is 0 Å². The van der Waals surface area contributed by atoms with Crippen molar-refractivity contribution in [3.63, 3.8) is 0 Å². The third-order valence-electron chi connectivity index (χ3n) is 4.74. The van der Waals surface area contributed by atoms with Gasteiger partial charge in [0.2, 0.25) is 0 Å². The molecular formula is C20H29ClN4O2. The molecule has 1 atom stereocenters. The summed E-state index contributed by atoms with van der Waals surface area (Å²) in [6.45, 7) is 8.92. The largest absolute Gasteiger partial charge is 0.352 e. The Morgan fingerprint density at radius 3 is 2.78 bits per heavy atom. The fraction of sp³-hybridized carbons (Fsp3) is 0.550. The average Bonchev–Trinajstić information content (AvgIpc) is 3.13. The maximum absolute atomic E-state index is 12.7. The second-order valence-corrected chi connectivity index (χ2v) is 7.98. The molecule has 148 valence electrons. The highest BCUT2D eigenvalue weighted by Gasteiger charge is 2.23. The lowest BCUT2D eigenvalue weighted by Crippen LogP contribution is -2.33. The van der Waals surface area contributed by atoms with Gasteiger partial charge in [0.25, 0.3) is 11.8 Å². The Balaban J connectivity index is 0.00000261. The Morgan fingerprint density at radius 2 is 2.11 bits per heavy atom. The summed E-state index contributed by atoms with van der Waals surface area (Å²) in [6, 6.07) is 7.37. The summed E-state index contributed by atoms with van der Waals surface area (Å²) in [7, 11) is 0. The molecule has 0 aliphatic carbocycles. The topological polar surface area (TPSA) is 80.0 Å². The van der Waals surface area contributed by atoms with Gasteiger partial charge in [-0.2, -0.15) is 4.98 Å². The highest BCUT2D eigenvalue weighted by atomic mass is 35.5. The Bertz CT molecular complexity index is 748. The van der Waals surface area contributed by atoms with E-state index in [2.05, 4.69) is 20.8 Å². The molecule has 1 aromatic heterocycles. The van der Waals surface area contributed by atoms with Crippen LogP contribution >= 0.6 is 12.4 Å². The van der Waals surface area contributed by atoms with E-state index in [4.69, 9.17) is 4.52 Å². The highest BCUT2D eigenvalue weighted by molar-refractivity contribution is 5.99. The zero-order valence-corrected chi connectivity index (χ0v) is 17.1. The number of aromatic nitrogens is 2. The summed E-state index contributed by atoms with van der Waals surface area (Å²) in [5.74, 6) is 1.56. The standard InChI is InChI=1S/C20H28N4O2.ClH/c1-20(2,3)19-23-18(26-24-19)16-9-5-4-8-15(16)17(25)22-12-10-14-7-6-11-21-13-14;/h4-5,8-9,14,21H,6-7,10-13H2,1-3H3,(H,22,25);1H. The van der Waals surface area contributed by atoms with Crippen LogP contribution in [0.15, 0.2) is 28.8 Å². The fourth-order valence-corrected chi connectivity index (χ4v) is 3.16. The van der Waals surface area contributed by atoms with E-state index in [-0.39, 0.29) is 23.7 Å². The van der Waals surface area contributed by atoms with Crippen LogP contribution in [0.2, 0.25) is 0 Å². The van der Waals surface area contributed by atoms with Crippen molar-refractivity contribution in [3.8, 4) is 11.5 Å². The predicted molar refractivity (Wildman–Crippen MR) is 108 cm³/mol. The van der Waals surface area contributed by atoms with Crippen LogP contribution in [-0.2, 0) is 5.41 Å². The molecule has 2 N–H and O–H groups in total. The van der Waals surface area contributed by atoms with Crippen LogP contribution in [0, 0.1) is 5.92 Å². The van der Waals surface area contributed by atoms with Crippen molar-refractivity contribution in [2.45, 2.75) is 45.4 Å². The SMILES string of the molecule is CC(C)(C)c1noc(-c2ccccc2C(=O)NCCC2CCCNC2)n1.Cl. The van der Waals surface area contributed by atoms with Gasteiger partial charge in [0, 0.05) is 12.0 Å². The van der Waals surface area contributed by atoms with Gasteiger partial charge in [0.1, 0.15) is 0 Å². The molecule has 0 bridgehead atoms. The van der Waals surface area contributed by atoms with E-state index in [0.29, 0.717) is 35.3 Å². The Hall–Kier alpha value is -1.92. The summed E-state index contributed by atoms with van der Waals surface area (Å²) in [6.07, 6.45) is 3.45. The van der Waals surface area contributed by atoms with Gasteiger partial charge in [0.05, 0.1) is 11.1 Å². The highest BCUT2D eigenvalue weighted by Crippen LogP contribution is 2.26. The van der Waals surface area contributed by atoms with Crippen molar-refractivity contribution < 1.29 is 9.32 Å². The molecule has 1 aliphatic heterocycles. The number of piperidine rings is 1. The second kappa shape index (κ2) is 9.33. The number of halogens is 1. The zero-order chi connectivity index (χ0) is 18.6. The van der Waals surface area contributed by atoms with Crippen molar-refractivity contribution in [3.05, 3.63) is 35.7 Å². The van der Waals surface area contributed by atoms with E-state index in [9.17, 15) is 4.79 Å². The average molecular weight is 393 g/mol. The smallest absolute Gasteiger partial charge is 0.258 e. The molecule has 0 saturated carbocycles. The summed E-state index contributed by atoms with van der Waals surface area (Å²) >= 11 is 0. The van der Waals surface area contributed by atoms with Crippen LogP contribution in [0.25, 0.3) is 11.5 Å². The van der Waals surface area contributed by atoms with E-state index < -0.39 is 0 Å². The van der Waals surface area contributed by atoms with E-state index in [0.717, 1.165) is 19.5 Å². The molecule has 1 fully saturated rings. The second-order valence-electron chi connectivity index (χ2n) is 7.98. The first kappa shape index (κ1) is 21.4. The van der Waals surface area contributed by atoms with Crippen LogP contribution in [-0.4, -0.2) is 35.7 Å². The van der Waals surface area contributed by atoms with Crippen molar-refractivity contribution in [1.29, 1.82) is 0 Å². The molecule has 6 nitrogen and oxygen atoms in total. The molecule has 1 aromatic carbocycles. The van der Waals surface area contributed by atoms with Crippen LogP contribution in [0.3, 0.4) is 0 Å². The van der Waals surface area contributed by atoms with Gasteiger partial charge in [-0.1, -0.05) is 38.1 Å². The number of amides is 1. The molecule has 3 rings (SSSR count). The number of nitrogens with zero attached hydrogens (tertiary/aromatic N) is 2. The minimum absolute atomic E-state index is 0. The van der Waals surface area contributed by atoms with Crippen molar-refractivity contribution in [1.82, 2.24) is 20.8 Å². The van der Waals surface area contributed by atoms with Gasteiger partial charge in [-0.3, -0.25) is 4.79 Å². The first-order valence-electron chi connectivity index (χ1n) is 9.37. The Kier molecular flexibility index (Phi) is 7.39. The normalized spacial score (nSPS) is 17.2. The first-order chi connectivity index (χ1) is 12.4. The lowest BCUT2D eigenvalue weighted by Gasteiger charge is -2.22. The molecular weight excluding hydrogens is 364 g/mol. The van der Waals surface area contributed by atoms with Crippen molar-refractivity contribution in [2.75, 3.05) is 19.6 Å². The van der Waals surface area contributed by atoms with Gasteiger partial charge in [-0.15, -0.1) is 12.4 Å². The number of nitrogens with one attached hydrogen (secondary N) is 2. The lowest BCUT2D eigenvalue weighted by atomic mass is 9.96. The molecule has 1 amide bonds. The Morgan fingerprint density at radius 1 is 1.33 bits per heavy atom. The molecule has 7 heteroatoms. The minimum Gasteiger partial charge on any atom is -0.352 e. The maximum Gasteiger partial charge on any atom is 0.258 e. The van der Waals surface area contributed by atoms with Crippen LogP contribution in [0.5, 0.6) is 0 Å². The summed E-state index contributed by atoms with van der Waals surface area (Å²) < 4.78 is 5.42. The molecule has 1 aliphatic rings. The van der Waals surface area contributed by atoms with E-state index >= 15 is 0 Å². The van der Waals surface area contributed by atoms with Crippen molar-refractivity contribution in [2.24, 2.45) is 5.92 Å². The number of carbonyl (C=O) groups excluding carboxylic acids is 1. The van der Waals surface area contributed by atoms with Gasteiger partial charge in [-0.05, 0) is 50.4 Å². The summed E-state index contributed by atoms with van der Waals surface area (Å²) in [5, 5.41) is 10.5. The number of hydrogen-bond donors (Lipinski definition) is 2. The zero-order valence-electron chi connectivity index (χ0n) is 16.2. The molecule has 0 radical (unpaired) electrons. The lowest BCUT2D eigenvalue weighted by molar-refractivity contribution is 0.0951. The van der Waals surface area contributed by atoms with Gasteiger partial charge in [0.15, 0.2) is 5.82 Å². The number of carbonyl (C=O) groups is 1. The molecule has 2 aromatic rings.